The van der Waals surface area contributed by atoms with E-state index >= 15 is 0 Å². The van der Waals surface area contributed by atoms with E-state index in [4.69, 9.17) is 4.94 Å². The second-order valence-corrected chi connectivity index (χ2v) is 5.33. The highest BCUT2D eigenvalue weighted by Gasteiger charge is 2.19. The van der Waals surface area contributed by atoms with Gasteiger partial charge >= 0.3 is 0 Å². The fourth-order valence-corrected chi connectivity index (χ4v) is 2.33. The van der Waals surface area contributed by atoms with Crippen molar-refractivity contribution in [3.8, 4) is 5.75 Å². The van der Waals surface area contributed by atoms with Crippen LogP contribution in [0.5, 0.6) is 5.75 Å². The molecule has 1 N–H and O–H groups in total. The number of anilines is 2. The topological polar surface area (TPSA) is 39.2 Å². The first kappa shape index (κ1) is 14.3. The third-order valence-electron chi connectivity index (χ3n) is 3.42. The van der Waals surface area contributed by atoms with Crippen LogP contribution < -0.4 is 9.96 Å². The highest BCUT2D eigenvalue weighted by atomic mass is 16.8. The number of benzene rings is 2. The standard InChI is InChI=1S/C17H19N3O2/c1-18(2)17-12-15(21)8-9-16(17)20-11-10-19(22-20)13-14-6-4-3-5-7-14/h3-12,21H,13H2,1-2H3. The quantitative estimate of drug-likeness (QED) is 0.939. The molecule has 0 bridgehead atoms. The van der Waals surface area contributed by atoms with Crippen LogP contribution in [0.3, 0.4) is 0 Å². The van der Waals surface area contributed by atoms with Crippen LogP contribution in [-0.2, 0) is 11.5 Å². The second-order valence-electron chi connectivity index (χ2n) is 5.33. The summed E-state index contributed by atoms with van der Waals surface area (Å²) in [5, 5.41) is 13.1. The average molecular weight is 297 g/mol. The van der Waals surface area contributed by atoms with E-state index in [0.717, 1.165) is 11.4 Å². The molecule has 0 spiro atoms. The van der Waals surface area contributed by atoms with E-state index in [2.05, 4.69) is 12.1 Å². The fraction of sp³-hybridized carbons (Fsp3) is 0.176. The van der Waals surface area contributed by atoms with Gasteiger partial charge in [0, 0.05) is 26.4 Å². The molecule has 1 aliphatic heterocycles. The van der Waals surface area contributed by atoms with E-state index in [9.17, 15) is 5.11 Å². The predicted molar refractivity (Wildman–Crippen MR) is 87.1 cm³/mol. The SMILES string of the molecule is CN(C)c1cc(O)ccc1N1C=CN(Cc2ccccc2)O1. The van der Waals surface area contributed by atoms with Crippen LogP contribution in [0.25, 0.3) is 0 Å². The summed E-state index contributed by atoms with van der Waals surface area (Å²) in [5.74, 6) is 0.233. The van der Waals surface area contributed by atoms with Crippen molar-refractivity contribution < 1.29 is 10.0 Å². The second kappa shape index (κ2) is 5.99. The summed E-state index contributed by atoms with van der Waals surface area (Å²) >= 11 is 0. The molecular weight excluding hydrogens is 278 g/mol. The molecule has 114 valence electrons. The molecule has 5 nitrogen and oxygen atoms in total. The van der Waals surface area contributed by atoms with Crippen molar-refractivity contribution in [2.24, 2.45) is 0 Å². The van der Waals surface area contributed by atoms with Crippen LogP contribution in [0.15, 0.2) is 60.9 Å². The Labute approximate surface area is 130 Å². The first-order chi connectivity index (χ1) is 10.6. The number of hydrogen-bond donors (Lipinski definition) is 1. The van der Waals surface area contributed by atoms with Crippen molar-refractivity contribution in [3.63, 3.8) is 0 Å². The molecule has 0 radical (unpaired) electrons. The molecule has 0 amide bonds. The minimum Gasteiger partial charge on any atom is -0.508 e. The summed E-state index contributed by atoms with van der Waals surface area (Å²) in [6.07, 6.45) is 3.75. The Morgan fingerprint density at radius 1 is 1.05 bits per heavy atom. The maximum absolute atomic E-state index is 9.66. The van der Waals surface area contributed by atoms with Gasteiger partial charge in [-0.3, -0.25) is 0 Å². The summed E-state index contributed by atoms with van der Waals surface area (Å²) in [5.41, 5.74) is 2.92. The molecule has 0 unspecified atom stereocenters. The molecule has 22 heavy (non-hydrogen) atoms. The zero-order valence-electron chi connectivity index (χ0n) is 12.7. The van der Waals surface area contributed by atoms with Gasteiger partial charge in [-0.2, -0.15) is 0 Å². The van der Waals surface area contributed by atoms with Gasteiger partial charge in [0.05, 0.1) is 24.1 Å². The first-order valence-corrected chi connectivity index (χ1v) is 7.10. The maximum Gasteiger partial charge on any atom is 0.117 e. The van der Waals surface area contributed by atoms with Gasteiger partial charge in [-0.25, -0.2) is 10.1 Å². The Balaban J connectivity index is 1.75. The van der Waals surface area contributed by atoms with Crippen LogP contribution in [0.1, 0.15) is 5.56 Å². The lowest BCUT2D eigenvalue weighted by molar-refractivity contribution is -0.112. The molecule has 0 fully saturated rings. The van der Waals surface area contributed by atoms with Crippen LogP contribution >= 0.6 is 0 Å². The minimum atomic E-state index is 0.233. The van der Waals surface area contributed by atoms with Gasteiger partial charge in [-0.15, -0.1) is 4.94 Å². The zero-order chi connectivity index (χ0) is 15.5. The predicted octanol–water partition coefficient (Wildman–Crippen LogP) is 3.10. The number of rotatable bonds is 4. The van der Waals surface area contributed by atoms with E-state index in [0.29, 0.717) is 6.54 Å². The number of hydrogen-bond acceptors (Lipinski definition) is 5. The molecule has 2 aromatic carbocycles. The van der Waals surface area contributed by atoms with Gasteiger partial charge in [-0.1, -0.05) is 30.3 Å². The summed E-state index contributed by atoms with van der Waals surface area (Å²) in [6.45, 7) is 0.670. The summed E-state index contributed by atoms with van der Waals surface area (Å²) < 4.78 is 0. The number of hydroxylamine groups is 3. The van der Waals surface area contributed by atoms with Crippen molar-refractivity contribution in [1.29, 1.82) is 0 Å². The third kappa shape index (κ3) is 2.99. The third-order valence-corrected chi connectivity index (χ3v) is 3.42. The van der Waals surface area contributed by atoms with Gasteiger partial charge in [-0.05, 0) is 17.7 Å². The van der Waals surface area contributed by atoms with Gasteiger partial charge < -0.3 is 10.0 Å². The van der Waals surface area contributed by atoms with Gasteiger partial charge in [0.1, 0.15) is 5.75 Å². The molecule has 5 heteroatoms. The Morgan fingerprint density at radius 3 is 2.55 bits per heavy atom. The molecule has 0 atom stereocenters. The summed E-state index contributed by atoms with van der Waals surface area (Å²) in [7, 11) is 3.86. The molecular formula is C17H19N3O2. The lowest BCUT2D eigenvalue weighted by atomic mass is 10.2. The molecule has 3 rings (SSSR count). The highest BCUT2D eigenvalue weighted by molar-refractivity contribution is 5.72. The number of phenolic OH excluding ortho intramolecular Hbond substituents is 1. The number of phenols is 1. The Kier molecular flexibility index (Phi) is 3.89. The zero-order valence-corrected chi connectivity index (χ0v) is 12.7. The van der Waals surface area contributed by atoms with Gasteiger partial charge in [0.15, 0.2) is 0 Å². The Morgan fingerprint density at radius 2 is 1.82 bits per heavy atom. The van der Waals surface area contributed by atoms with Crippen LogP contribution in [0.4, 0.5) is 11.4 Å². The smallest absolute Gasteiger partial charge is 0.117 e. The molecule has 1 heterocycles. The van der Waals surface area contributed by atoms with E-state index in [1.54, 1.807) is 22.3 Å². The number of aromatic hydroxyl groups is 1. The van der Waals surface area contributed by atoms with Crippen LogP contribution in [0.2, 0.25) is 0 Å². The van der Waals surface area contributed by atoms with E-state index < -0.39 is 0 Å². The monoisotopic (exact) mass is 297 g/mol. The molecule has 2 aromatic rings. The van der Waals surface area contributed by atoms with Crippen molar-refractivity contribution in [2.45, 2.75) is 6.54 Å². The maximum atomic E-state index is 9.66. The van der Waals surface area contributed by atoms with Gasteiger partial charge in [0.25, 0.3) is 0 Å². The number of nitrogens with zero attached hydrogens (tertiary/aromatic N) is 3. The minimum absolute atomic E-state index is 0.233. The van der Waals surface area contributed by atoms with Crippen molar-refractivity contribution in [2.75, 3.05) is 24.1 Å². The molecule has 0 saturated carbocycles. The van der Waals surface area contributed by atoms with Crippen molar-refractivity contribution in [1.82, 2.24) is 5.06 Å². The van der Waals surface area contributed by atoms with Crippen LogP contribution in [-0.4, -0.2) is 24.3 Å². The summed E-state index contributed by atoms with van der Waals surface area (Å²) in [4.78, 5) is 7.77. The van der Waals surface area contributed by atoms with E-state index in [1.165, 1.54) is 5.56 Å². The Hall–Kier alpha value is -2.66. The lowest BCUT2D eigenvalue weighted by Gasteiger charge is -2.24. The largest absolute Gasteiger partial charge is 0.508 e. The lowest BCUT2D eigenvalue weighted by Crippen LogP contribution is -2.23. The van der Waals surface area contributed by atoms with Gasteiger partial charge in [0.2, 0.25) is 0 Å². The van der Waals surface area contributed by atoms with Crippen molar-refractivity contribution in [3.05, 3.63) is 66.5 Å². The average Bonchev–Trinajstić information content (AvgIpc) is 2.96. The van der Waals surface area contributed by atoms with E-state index in [-0.39, 0.29) is 5.75 Å². The molecule has 0 aliphatic carbocycles. The molecule has 0 saturated heterocycles. The van der Waals surface area contributed by atoms with E-state index in [1.807, 2.05) is 55.7 Å². The highest BCUT2D eigenvalue weighted by Crippen LogP contribution is 2.34. The fourth-order valence-electron chi connectivity index (χ4n) is 2.33. The molecule has 0 aromatic heterocycles. The summed E-state index contributed by atoms with van der Waals surface area (Å²) in [6, 6.07) is 15.3. The first-order valence-electron chi connectivity index (χ1n) is 7.10. The van der Waals surface area contributed by atoms with Crippen LogP contribution in [0, 0.1) is 0 Å². The Bertz CT molecular complexity index is 671. The van der Waals surface area contributed by atoms with Crippen molar-refractivity contribution >= 4 is 11.4 Å². The molecule has 1 aliphatic rings. The normalized spacial score (nSPS) is 13.7.